The van der Waals surface area contributed by atoms with E-state index in [1.54, 1.807) is 0 Å². The van der Waals surface area contributed by atoms with Crippen LogP contribution in [0.2, 0.25) is 0 Å². The predicted molar refractivity (Wildman–Crippen MR) is 131 cm³/mol. The predicted octanol–water partition coefficient (Wildman–Crippen LogP) is 6.22. The number of likely N-dealkylation sites (tertiary alicyclic amines) is 1. The first-order valence-electron chi connectivity index (χ1n) is 11.8. The zero-order valence-corrected chi connectivity index (χ0v) is 20.3. The minimum absolute atomic E-state index is 0.130. The molecule has 0 unspecified atom stereocenters. The molecule has 3 aromatic rings. The van der Waals surface area contributed by atoms with Crippen LogP contribution in [0, 0.1) is 20.8 Å². The lowest BCUT2D eigenvalue weighted by Gasteiger charge is -2.29. The van der Waals surface area contributed by atoms with E-state index >= 15 is 0 Å². The Bertz CT molecular complexity index is 1110. The summed E-state index contributed by atoms with van der Waals surface area (Å²) in [6, 6.07) is 13.2. The second-order valence-corrected chi connectivity index (χ2v) is 10.4. The number of nitrogens with one attached hydrogen (secondary N) is 1. The molecule has 1 saturated heterocycles. The third-order valence-electron chi connectivity index (χ3n) is 6.78. The van der Waals surface area contributed by atoms with Gasteiger partial charge in [0.25, 0.3) is 5.91 Å². The molecule has 0 spiro atoms. The number of hydrogen-bond donors (Lipinski definition) is 1. The molecular formula is C28H36N2O2. The summed E-state index contributed by atoms with van der Waals surface area (Å²) in [5, 5.41) is 4.23. The van der Waals surface area contributed by atoms with Gasteiger partial charge in [0, 0.05) is 17.5 Å². The molecule has 32 heavy (non-hydrogen) atoms. The maximum absolute atomic E-state index is 13.1. The van der Waals surface area contributed by atoms with Crippen LogP contribution >= 0.6 is 0 Å². The highest BCUT2D eigenvalue weighted by atomic mass is 16.3. The van der Waals surface area contributed by atoms with Gasteiger partial charge in [-0.15, -0.1) is 0 Å². The minimum Gasteiger partial charge on any atom is -0.451 e. The zero-order valence-electron chi connectivity index (χ0n) is 20.3. The Morgan fingerprint density at radius 2 is 1.72 bits per heavy atom. The molecule has 2 heterocycles. The Hall–Kier alpha value is -2.59. The van der Waals surface area contributed by atoms with Crippen molar-refractivity contribution in [2.24, 2.45) is 0 Å². The summed E-state index contributed by atoms with van der Waals surface area (Å²) in [5.41, 5.74) is 6.71. The number of amides is 1. The lowest BCUT2D eigenvalue weighted by atomic mass is 9.86. The van der Waals surface area contributed by atoms with E-state index in [9.17, 15) is 4.79 Å². The van der Waals surface area contributed by atoms with Gasteiger partial charge < -0.3 is 9.73 Å². The van der Waals surface area contributed by atoms with Crippen LogP contribution in [0.3, 0.4) is 0 Å². The van der Waals surface area contributed by atoms with Crippen molar-refractivity contribution in [2.75, 3.05) is 19.6 Å². The smallest absolute Gasteiger partial charge is 0.287 e. The van der Waals surface area contributed by atoms with E-state index in [-0.39, 0.29) is 17.4 Å². The van der Waals surface area contributed by atoms with Gasteiger partial charge in [-0.1, -0.05) is 51.1 Å². The van der Waals surface area contributed by atoms with Crippen LogP contribution < -0.4 is 5.32 Å². The summed E-state index contributed by atoms with van der Waals surface area (Å²) in [4.78, 5) is 15.6. The molecule has 0 saturated carbocycles. The van der Waals surface area contributed by atoms with Crippen molar-refractivity contribution >= 4 is 16.9 Å². The third kappa shape index (κ3) is 4.47. The molecule has 4 nitrogen and oxygen atoms in total. The zero-order chi connectivity index (χ0) is 23.0. The number of hydrogen-bond acceptors (Lipinski definition) is 3. The minimum atomic E-state index is -0.133. The lowest BCUT2D eigenvalue weighted by Crippen LogP contribution is -2.37. The summed E-state index contributed by atoms with van der Waals surface area (Å²) >= 11 is 0. The van der Waals surface area contributed by atoms with E-state index in [0.29, 0.717) is 12.3 Å². The molecule has 1 aromatic heterocycles. The van der Waals surface area contributed by atoms with Crippen LogP contribution in [-0.4, -0.2) is 30.4 Å². The first-order valence-corrected chi connectivity index (χ1v) is 11.8. The van der Waals surface area contributed by atoms with Gasteiger partial charge in [-0.25, -0.2) is 0 Å². The summed E-state index contributed by atoms with van der Waals surface area (Å²) in [6.45, 7) is 15.5. The molecule has 0 radical (unpaired) electrons. The van der Waals surface area contributed by atoms with Gasteiger partial charge in [0.05, 0.1) is 6.04 Å². The molecule has 1 fully saturated rings. The molecule has 0 aliphatic carbocycles. The monoisotopic (exact) mass is 432 g/mol. The van der Waals surface area contributed by atoms with Crippen LogP contribution in [-0.2, 0) is 5.41 Å². The molecule has 2 aromatic carbocycles. The second kappa shape index (κ2) is 8.74. The number of carbonyl (C=O) groups excluding carboxylic acids is 1. The van der Waals surface area contributed by atoms with Gasteiger partial charge in [0.1, 0.15) is 5.58 Å². The average molecular weight is 433 g/mol. The van der Waals surface area contributed by atoms with E-state index in [2.05, 4.69) is 75.2 Å². The van der Waals surface area contributed by atoms with Gasteiger partial charge in [-0.2, -0.15) is 0 Å². The standard InChI is InChI=1S/C28H36N2O2/c1-18-15-19(2)25-20(3)26(32-24(25)16-18)27(31)29-17-23(30-13-7-8-14-30)21-9-11-22(12-10-21)28(4,5)6/h9-12,15-16,23H,7-8,13-14,17H2,1-6H3,(H,29,31)/t23-/m0/s1. The molecule has 1 amide bonds. The van der Waals surface area contributed by atoms with Gasteiger partial charge >= 0.3 is 0 Å². The Morgan fingerprint density at radius 1 is 1.06 bits per heavy atom. The fraction of sp³-hybridized carbons (Fsp3) is 0.464. The molecule has 170 valence electrons. The number of benzene rings is 2. The van der Waals surface area contributed by atoms with Gasteiger partial charge in [0.15, 0.2) is 5.76 Å². The highest BCUT2D eigenvalue weighted by Crippen LogP contribution is 2.31. The largest absolute Gasteiger partial charge is 0.451 e. The highest BCUT2D eigenvalue weighted by molar-refractivity contribution is 6.00. The number of carbonyl (C=O) groups is 1. The molecular weight excluding hydrogens is 396 g/mol. The van der Waals surface area contributed by atoms with Gasteiger partial charge in [-0.3, -0.25) is 9.69 Å². The van der Waals surface area contributed by atoms with E-state index in [0.717, 1.165) is 40.7 Å². The van der Waals surface area contributed by atoms with Gasteiger partial charge in [0.2, 0.25) is 0 Å². The van der Waals surface area contributed by atoms with E-state index < -0.39 is 0 Å². The first-order chi connectivity index (χ1) is 15.1. The van der Waals surface area contributed by atoms with Crippen molar-refractivity contribution in [1.82, 2.24) is 10.2 Å². The Morgan fingerprint density at radius 3 is 2.34 bits per heavy atom. The number of furan rings is 1. The van der Waals surface area contributed by atoms with Crippen molar-refractivity contribution in [2.45, 2.75) is 65.8 Å². The maximum atomic E-state index is 13.1. The van der Waals surface area contributed by atoms with E-state index in [1.165, 1.54) is 24.0 Å². The van der Waals surface area contributed by atoms with E-state index in [4.69, 9.17) is 4.42 Å². The SMILES string of the molecule is Cc1cc(C)c2c(C)c(C(=O)NC[C@@H](c3ccc(C(C)(C)C)cc3)N3CCCC3)oc2c1. The fourth-order valence-corrected chi connectivity index (χ4v) is 4.99. The Balaban J connectivity index is 1.56. The first kappa shape index (κ1) is 22.6. The second-order valence-electron chi connectivity index (χ2n) is 10.4. The van der Waals surface area contributed by atoms with Crippen LogP contribution in [0.5, 0.6) is 0 Å². The summed E-state index contributed by atoms with van der Waals surface area (Å²) < 4.78 is 6.01. The quantitative estimate of drug-likeness (QED) is 0.520. The average Bonchev–Trinajstić information content (AvgIpc) is 3.36. The van der Waals surface area contributed by atoms with Crippen molar-refractivity contribution < 1.29 is 9.21 Å². The lowest BCUT2D eigenvalue weighted by molar-refractivity contribution is 0.0911. The fourth-order valence-electron chi connectivity index (χ4n) is 4.99. The van der Waals surface area contributed by atoms with E-state index in [1.807, 2.05) is 13.0 Å². The maximum Gasteiger partial charge on any atom is 0.287 e. The number of nitrogens with zero attached hydrogens (tertiary/aromatic N) is 1. The molecule has 1 atom stereocenters. The number of aryl methyl sites for hydroxylation is 3. The van der Waals surface area contributed by atoms with Crippen molar-refractivity contribution in [3.63, 3.8) is 0 Å². The molecule has 4 heteroatoms. The van der Waals surface area contributed by atoms with Crippen LogP contribution in [0.15, 0.2) is 40.8 Å². The van der Waals surface area contributed by atoms with Gasteiger partial charge in [-0.05, 0) is 80.4 Å². The number of fused-ring (bicyclic) bond motifs is 1. The molecule has 4 rings (SSSR count). The highest BCUT2D eigenvalue weighted by Gasteiger charge is 2.26. The molecule has 1 N–H and O–H groups in total. The summed E-state index contributed by atoms with van der Waals surface area (Å²) in [6.07, 6.45) is 2.43. The molecule has 1 aliphatic rings. The van der Waals surface area contributed by atoms with Crippen molar-refractivity contribution in [1.29, 1.82) is 0 Å². The van der Waals surface area contributed by atoms with Crippen LogP contribution in [0.4, 0.5) is 0 Å². The normalized spacial score (nSPS) is 15.9. The summed E-state index contributed by atoms with van der Waals surface area (Å²) in [5.74, 6) is 0.295. The molecule has 0 bridgehead atoms. The van der Waals surface area contributed by atoms with Crippen molar-refractivity contribution in [3.8, 4) is 0 Å². The summed E-state index contributed by atoms with van der Waals surface area (Å²) in [7, 11) is 0. The van der Waals surface area contributed by atoms with Crippen molar-refractivity contribution in [3.05, 3.63) is 70.0 Å². The third-order valence-corrected chi connectivity index (χ3v) is 6.78. The van der Waals surface area contributed by atoms with Crippen LogP contribution in [0.25, 0.3) is 11.0 Å². The Labute approximate surface area is 192 Å². The molecule has 1 aliphatic heterocycles. The van der Waals surface area contributed by atoms with Crippen LogP contribution in [0.1, 0.15) is 78.0 Å². The number of rotatable bonds is 5. The Kier molecular flexibility index (Phi) is 6.17. The topological polar surface area (TPSA) is 45.5 Å².